The number of ether oxygens (including phenoxy) is 1. The molecule has 5 heteroatoms. The lowest BCUT2D eigenvalue weighted by molar-refractivity contribution is 0.403. The van der Waals surface area contributed by atoms with Crippen LogP contribution in [0.25, 0.3) is 11.3 Å². The van der Waals surface area contributed by atoms with E-state index in [1.807, 2.05) is 24.3 Å². The van der Waals surface area contributed by atoms with E-state index in [2.05, 4.69) is 21.1 Å². The Labute approximate surface area is 108 Å². The van der Waals surface area contributed by atoms with E-state index in [1.54, 1.807) is 7.11 Å². The third-order valence-corrected chi connectivity index (χ3v) is 2.88. The maximum atomic E-state index is 5.47. The summed E-state index contributed by atoms with van der Waals surface area (Å²) in [5.74, 6) is 1.44. The molecule has 1 aromatic heterocycles. The van der Waals surface area contributed by atoms with E-state index in [0.717, 1.165) is 21.5 Å². The van der Waals surface area contributed by atoms with Crippen LogP contribution in [0.5, 0.6) is 5.75 Å². The van der Waals surface area contributed by atoms with Gasteiger partial charge >= 0.3 is 0 Å². The van der Waals surface area contributed by atoms with Gasteiger partial charge in [0.2, 0.25) is 0 Å². The van der Waals surface area contributed by atoms with Gasteiger partial charge in [-0.25, -0.2) is 0 Å². The molecule has 2 aromatic rings. The van der Waals surface area contributed by atoms with Crippen LogP contribution in [-0.4, -0.2) is 18.8 Å². The van der Waals surface area contributed by atoms with Gasteiger partial charge in [-0.15, -0.1) is 0 Å². The van der Waals surface area contributed by atoms with Gasteiger partial charge in [0.15, 0.2) is 5.76 Å². The Hall–Kier alpha value is -1.33. The van der Waals surface area contributed by atoms with Crippen LogP contribution in [0.1, 0.15) is 5.69 Å². The molecule has 1 heterocycles. The molecular weight excluding hydrogens is 284 g/mol. The van der Waals surface area contributed by atoms with Crippen LogP contribution in [0.2, 0.25) is 0 Å². The van der Waals surface area contributed by atoms with Crippen molar-refractivity contribution in [1.82, 2.24) is 5.16 Å². The molecule has 0 spiro atoms. The molecule has 0 atom stereocenters. The van der Waals surface area contributed by atoms with Gasteiger partial charge in [-0.05, 0) is 24.7 Å². The van der Waals surface area contributed by atoms with E-state index >= 15 is 0 Å². The summed E-state index contributed by atoms with van der Waals surface area (Å²) in [6, 6.07) is 7.62. The largest absolute Gasteiger partial charge is 0.496 e. The zero-order valence-corrected chi connectivity index (χ0v) is 11.0. The van der Waals surface area contributed by atoms with Crippen LogP contribution < -0.4 is 10.5 Å². The molecule has 0 bridgehead atoms. The van der Waals surface area contributed by atoms with Crippen LogP contribution >= 0.6 is 15.9 Å². The summed E-state index contributed by atoms with van der Waals surface area (Å²) in [6.45, 7) is 0.557. The van der Waals surface area contributed by atoms with Gasteiger partial charge in [0.05, 0.1) is 18.4 Å². The molecule has 0 radical (unpaired) electrons. The maximum Gasteiger partial charge on any atom is 0.170 e. The number of benzene rings is 1. The van der Waals surface area contributed by atoms with Gasteiger partial charge < -0.3 is 15.0 Å². The van der Waals surface area contributed by atoms with Crippen molar-refractivity contribution >= 4 is 15.9 Å². The third kappa shape index (κ3) is 2.68. The summed E-state index contributed by atoms with van der Waals surface area (Å²) >= 11 is 3.42. The molecular formula is C12H13BrN2O2. The Kier molecular flexibility index (Phi) is 3.81. The summed E-state index contributed by atoms with van der Waals surface area (Å²) in [5.41, 5.74) is 7.20. The minimum Gasteiger partial charge on any atom is -0.496 e. The molecule has 4 nitrogen and oxygen atoms in total. The van der Waals surface area contributed by atoms with Crippen molar-refractivity contribution in [2.45, 2.75) is 6.42 Å². The van der Waals surface area contributed by atoms with Crippen LogP contribution in [0.3, 0.4) is 0 Å². The first-order chi connectivity index (χ1) is 8.24. The normalized spacial score (nSPS) is 10.5. The first-order valence-electron chi connectivity index (χ1n) is 5.24. The smallest absolute Gasteiger partial charge is 0.170 e. The van der Waals surface area contributed by atoms with E-state index < -0.39 is 0 Å². The molecule has 0 unspecified atom stereocenters. The number of hydrogen-bond acceptors (Lipinski definition) is 4. The number of rotatable bonds is 4. The lowest BCUT2D eigenvalue weighted by Crippen LogP contribution is -2.02. The van der Waals surface area contributed by atoms with Crippen molar-refractivity contribution < 1.29 is 9.26 Å². The van der Waals surface area contributed by atoms with E-state index in [9.17, 15) is 0 Å². The van der Waals surface area contributed by atoms with Gasteiger partial charge in [-0.1, -0.05) is 21.1 Å². The van der Waals surface area contributed by atoms with Crippen LogP contribution in [-0.2, 0) is 6.42 Å². The summed E-state index contributed by atoms with van der Waals surface area (Å²) in [6.07, 6.45) is 0.708. The van der Waals surface area contributed by atoms with Crippen LogP contribution in [0.4, 0.5) is 0 Å². The fraction of sp³-hybridized carbons (Fsp3) is 0.250. The number of aromatic nitrogens is 1. The summed E-state index contributed by atoms with van der Waals surface area (Å²) in [7, 11) is 1.63. The van der Waals surface area contributed by atoms with Gasteiger partial charge in [0.1, 0.15) is 5.75 Å². The number of methoxy groups -OCH3 is 1. The summed E-state index contributed by atoms with van der Waals surface area (Å²) < 4.78 is 11.5. The quantitative estimate of drug-likeness (QED) is 0.942. The predicted molar refractivity (Wildman–Crippen MR) is 68.9 cm³/mol. The average Bonchev–Trinajstić information content (AvgIpc) is 2.78. The summed E-state index contributed by atoms with van der Waals surface area (Å²) in [4.78, 5) is 0. The van der Waals surface area contributed by atoms with Gasteiger partial charge in [-0.3, -0.25) is 0 Å². The molecule has 0 fully saturated rings. The highest BCUT2D eigenvalue weighted by atomic mass is 79.9. The topological polar surface area (TPSA) is 61.3 Å². The Morgan fingerprint density at radius 2 is 2.24 bits per heavy atom. The molecule has 0 aliphatic heterocycles. The minimum atomic E-state index is 0.557. The van der Waals surface area contributed by atoms with Crippen molar-refractivity contribution in [3.8, 4) is 17.1 Å². The monoisotopic (exact) mass is 296 g/mol. The highest BCUT2D eigenvalue weighted by Gasteiger charge is 2.12. The Bertz CT molecular complexity index is 511. The van der Waals surface area contributed by atoms with Crippen LogP contribution in [0.15, 0.2) is 33.3 Å². The molecule has 0 aliphatic rings. The average molecular weight is 297 g/mol. The van der Waals surface area contributed by atoms with Crippen molar-refractivity contribution in [3.63, 3.8) is 0 Å². The number of halogens is 1. The fourth-order valence-electron chi connectivity index (χ4n) is 1.58. The first-order valence-corrected chi connectivity index (χ1v) is 6.03. The van der Waals surface area contributed by atoms with E-state index in [0.29, 0.717) is 18.7 Å². The van der Waals surface area contributed by atoms with Crippen molar-refractivity contribution in [3.05, 3.63) is 34.4 Å². The standard InChI is InChI=1S/C12H13BrN2O2/c1-16-11-3-2-8(13)6-10(11)12-7-9(4-5-14)15-17-12/h2-3,6-7H,4-5,14H2,1H3. The zero-order valence-electron chi connectivity index (χ0n) is 9.44. The van der Waals surface area contributed by atoms with E-state index in [1.165, 1.54) is 0 Å². The fourth-order valence-corrected chi connectivity index (χ4v) is 1.94. The maximum absolute atomic E-state index is 5.47. The van der Waals surface area contributed by atoms with Crippen LogP contribution in [0, 0.1) is 0 Å². The molecule has 0 saturated carbocycles. The van der Waals surface area contributed by atoms with Gasteiger partial charge in [-0.2, -0.15) is 0 Å². The first kappa shape index (κ1) is 12.1. The van der Waals surface area contributed by atoms with Gasteiger partial charge in [0, 0.05) is 17.0 Å². The Morgan fingerprint density at radius 3 is 2.94 bits per heavy atom. The number of hydrogen-bond donors (Lipinski definition) is 1. The lowest BCUT2D eigenvalue weighted by Gasteiger charge is -2.05. The van der Waals surface area contributed by atoms with Crippen molar-refractivity contribution in [2.24, 2.45) is 5.73 Å². The van der Waals surface area contributed by atoms with Crippen molar-refractivity contribution in [1.29, 1.82) is 0 Å². The second-order valence-electron chi connectivity index (χ2n) is 3.57. The minimum absolute atomic E-state index is 0.557. The summed E-state index contributed by atoms with van der Waals surface area (Å²) in [5, 5.41) is 3.96. The highest BCUT2D eigenvalue weighted by molar-refractivity contribution is 9.10. The van der Waals surface area contributed by atoms with Gasteiger partial charge in [0.25, 0.3) is 0 Å². The number of nitrogens with zero attached hydrogens (tertiary/aromatic N) is 1. The second kappa shape index (κ2) is 5.33. The Morgan fingerprint density at radius 1 is 1.41 bits per heavy atom. The molecule has 0 saturated heterocycles. The SMILES string of the molecule is COc1ccc(Br)cc1-c1cc(CCN)no1. The molecule has 90 valence electrons. The number of nitrogens with two attached hydrogens (primary N) is 1. The predicted octanol–water partition coefficient (Wildman–Crippen LogP) is 2.61. The molecule has 2 N–H and O–H groups in total. The van der Waals surface area contributed by atoms with E-state index in [4.69, 9.17) is 15.0 Å². The van der Waals surface area contributed by atoms with E-state index in [-0.39, 0.29) is 0 Å². The molecule has 0 amide bonds. The Balaban J connectivity index is 2.40. The molecule has 17 heavy (non-hydrogen) atoms. The zero-order chi connectivity index (χ0) is 12.3. The third-order valence-electron chi connectivity index (χ3n) is 2.39. The van der Waals surface area contributed by atoms with Crippen molar-refractivity contribution in [2.75, 3.05) is 13.7 Å². The lowest BCUT2D eigenvalue weighted by atomic mass is 10.1. The molecule has 1 aromatic carbocycles. The second-order valence-corrected chi connectivity index (χ2v) is 4.48. The highest BCUT2D eigenvalue weighted by Crippen LogP contribution is 2.32. The molecule has 0 aliphatic carbocycles. The molecule has 2 rings (SSSR count).